The maximum Gasteiger partial charge on any atom is 0.410 e. The van der Waals surface area contributed by atoms with Crippen molar-refractivity contribution in [2.75, 3.05) is 34.9 Å². The number of ketones is 1. The van der Waals surface area contributed by atoms with Gasteiger partial charge >= 0.3 is 12.1 Å². The maximum absolute atomic E-state index is 13.1. The Morgan fingerprint density at radius 2 is 1.73 bits per heavy atom. The van der Waals surface area contributed by atoms with Crippen molar-refractivity contribution in [3.8, 4) is 0 Å². The van der Waals surface area contributed by atoms with Gasteiger partial charge in [-0.3, -0.25) is 9.59 Å². The minimum Gasteiger partial charge on any atom is -0.462 e. The van der Waals surface area contributed by atoms with Crippen molar-refractivity contribution >= 4 is 80.6 Å². The molecule has 13 heteroatoms. The molecule has 2 amide bonds. The molecule has 0 atom stereocenters. The Kier molecular flexibility index (Phi) is 11.2. The molecule has 0 bridgehead atoms. The Labute approximate surface area is 276 Å². The van der Waals surface area contributed by atoms with Crippen LogP contribution in [0.15, 0.2) is 53.4 Å². The highest BCUT2D eigenvalue weighted by Crippen LogP contribution is 2.38. The molecule has 0 spiro atoms. The van der Waals surface area contributed by atoms with Gasteiger partial charge in [-0.15, -0.1) is 23.1 Å². The number of thiocarbonyl (C=S) groups is 1. The Morgan fingerprint density at radius 3 is 2.40 bits per heavy atom. The maximum atomic E-state index is 13.1. The molecular formula is C32H36N4O6S3. The lowest BCUT2D eigenvalue weighted by Gasteiger charge is -2.30. The third kappa shape index (κ3) is 9.52. The topological polar surface area (TPSA) is 126 Å². The molecule has 2 aromatic carbocycles. The number of amides is 2. The third-order valence-electron chi connectivity index (χ3n) is 6.45. The number of benzene rings is 2. The van der Waals surface area contributed by atoms with Crippen LogP contribution in [-0.4, -0.2) is 58.3 Å². The highest BCUT2D eigenvalue weighted by Gasteiger charge is 2.32. The molecule has 0 aliphatic carbocycles. The van der Waals surface area contributed by atoms with Gasteiger partial charge in [-0.2, -0.15) is 0 Å². The Hall–Kier alpha value is -3.94. The zero-order valence-electron chi connectivity index (χ0n) is 25.8. The Bertz CT molecular complexity index is 1600. The average molecular weight is 669 g/mol. The van der Waals surface area contributed by atoms with Crippen molar-refractivity contribution < 1.29 is 28.7 Å². The molecular weight excluding hydrogens is 633 g/mol. The number of carbonyl (C=O) groups excluding carboxylic acids is 4. The molecule has 0 radical (unpaired) electrons. The van der Waals surface area contributed by atoms with Crippen LogP contribution in [0.1, 0.15) is 65.8 Å². The number of Topliss-reactive ketones (excluding diaryl/α,β-unsaturated/α-hetero) is 1. The quantitative estimate of drug-likeness (QED) is 0.0954. The van der Waals surface area contributed by atoms with Gasteiger partial charge in [-0.1, -0.05) is 6.07 Å². The smallest absolute Gasteiger partial charge is 0.410 e. The van der Waals surface area contributed by atoms with Crippen LogP contribution in [0, 0.1) is 0 Å². The van der Waals surface area contributed by atoms with E-state index >= 15 is 0 Å². The van der Waals surface area contributed by atoms with Gasteiger partial charge in [0.1, 0.15) is 10.6 Å². The second-order valence-electron chi connectivity index (χ2n) is 11.2. The number of nitrogens with zero attached hydrogens (tertiary/aromatic N) is 1. The van der Waals surface area contributed by atoms with Crippen LogP contribution in [0.2, 0.25) is 0 Å². The molecule has 238 valence electrons. The predicted octanol–water partition coefficient (Wildman–Crippen LogP) is 6.96. The van der Waals surface area contributed by atoms with Crippen molar-refractivity contribution in [2.24, 2.45) is 0 Å². The van der Waals surface area contributed by atoms with Crippen LogP contribution in [0.4, 0.5) is 21.2 Å². The first-order chi connectivity index (χ1) is 21.3. The van der Waals surface area contributed by atoms with Gasteiger partial charge in [0.15, 0.2) is 10.9 Å². The summed E-state index contributed by atoms with van der Waals surface area (Å²) in [5, 5.41) is 9.91. The van der Waals surface area contributed by atoms with E-state index < -0.39 is 17.7 Å². The molecule has 1 aliphatic heterocycles. The number of carbonyl (C=O) groups is 4. The second-order valence-corrected chi connectivity index (χ2v) is 13.7. The second kappa shape index (κ2) is 14.9. The molecule has 2 heterocycles. The summed E-state index contributed by atoms with van der Waals surface area (Å²) in [5.74, 6) is -0.686. The number of hydrogen-bond donors (Lipinski definition) is 3. The average Bonchev–Trinajstić information content (AvgIpc) is 3.32. The zero-order valence-corrected chi connectivity index (χ0v) is 28.2. The molecule has 45 heavy (non-hydrogen) atoms. The number of nitrogens with one attached hydrogen (secondary N) is 3. The third-order valence-corrected chi connectivity index (χ3v) is 8.78. The van der Waals surface area contributed by atoms with Crippen LogP contribution in [-0.2, 0) is 27.2 Å². The molecule has 1 aliphatic rings. The van der Waals surface area contributed by atoms with Crippen molar-refractivity contribution in [3.63, 3.8) is 0 Å². The van der Waals surface area contributed by atoms with Gasteiger partial charge in [-0.25, -0.2) is 9.59 Å². The van der Waals surface area contributed by atoms with Crippen molar-refractivity contribution in [1.82, 2.24) is 4.90 Å². The molecule has 3 aromatic rings. The van der Waals surface area contributed by atoms with E-state index in [9.17, 15) is 19.2 Å². The van der Waals surface area contributed by atoms with E-state index in [0.29, 0.717) is 34.2 Å². The number of esters is 1. The fourth-order valence-corrected chi connectivity index (χ4v) is 6.71. The van der Waals surface area contributed by atoms with E-state index in [2.05, 4.69) is 16.0 Å². The van der Waals surface area contributed by atoms with E-state index in [-0.39, 0.29) is 30.6 Å². The SMILES string of the molecule is CCOC(=O)c1c(NC(=O)CSc2cccc(NC(=S)Nc3ccc(C(C)=O)cc3)c2)sc2c1CCN(C(=O)OC(C)(C)C)C2. The fourth-order valence-electron chi connectivity index (χ4n) is 4.45. The number of fused-ring (bicyclic) bond motifs is 1. The standard InChI is InChI=1S/C32H36N4O6S3/c1-6-41-29(39)27-24-14-15-36(31(40)42-32(3,4)5)17-25(24)45-28(27)35-26(38)18-44-23-9-7-8-22(16-23)34-30(43)33-21-12-10-20(11-13-21)19(2)37/h7-13,16H,6,14-15,17-18H2,1-5H3,(H,35,38)(H2,33,34,43). The molecule has 0 fully saturated rings. The lowest BCUT2D eigenvalue weighted by Crippen LogP contribution is -2.39. The first-order valence-corrected chi connectivity index (χ1v) is 16.5. The molecule has 0 unspecified atom stereocenters. The highest BCUT2D eigenvalue weighted by atomic mass is 32.2. The normalized spacial score (nSPS) is 12.5. The van der Waals surface area contributed by atoms with E-state index in [1.54, 1.807) is 36.1 Å². The van der Waals surface area contributed by atoms with Crippen LogP contribution in [0.3, 0.4) is 0 Å². The van der Waals surface area contributed by atoms with Gasteiger partial charge in [0.2, 0.25) is 5.91 Å². The lowest BCUT2D eigenvalue weighted by molar-refractivity contribution is -0.113. The number of ether oxygens (including phenoxy) is 2. The first-order valence-electron chi connectivity index (χ1n) is 14.3. The van der Waals surface area contributed by atoms with E-state index in [1.807, 2.05) is 45.0 Å². The predicted molar refractivity (Wildman–Crippen MR) is 183 cm³/mol. The molecule has 1 aromatic heterocycles. The molecule has 3 N–H and O–H groups in total. The zero-order chi connectivity index (χ0) is 32.7. The summed E-state index contributed by atoms with van der Waals surface area (Å²) in [7, 11) is 0. The largest absolute Gasteiger partial charge is 0.462 e. The lowest BCUT2D eigenvalue weighted by atomic mass is 10.0. The van der Waals surface area contributed by atoms with Crippen LogP contribution in [0.5, 0.6) is 0 Å². The minimum absolute atomic E-state index is 0.00849. The number of anilines is 3. The summed E-state index contributed by atoms with van der Waals surface area (Å²) in [6, 6.07) is 14.5. The summed E-state index contributed by atoms with van der Waals surface area (Å²) in [4.78, 5) is 53.4. The van der Waals surface area contributed by atoms with Gasteiger partial charge in [-0.05, 0) is 101 Å². The van der Waals surface area contributed by atoms with Crippen molar-refractivity contribution in [1.29, 1.82) is 0 Å². The Balaban J connectivity index is 1.38. The number of rotatable bonds is 9. The van der Waals surface area contributed by atoms with Gasteiger partial charge in [0, 0.05) is 33.3 Å². The summed E-state index contributed by atoms with van der Waals surface area (Å²) in [6.07, 6.45) is 0.0298. The summed E-state index contributed by atoms with van der Waals surface area (Å²) < 4.78 is 10.8. The van der Waals surface area contributed by atoms with Crippen LogP contribution in [0.25, 0.3) is 0 Å². The summed E-state index contributed by atoms with van der Waals surface area (Å²) >= 11 is 8.05. The molecule has 0 saturated heterocycles. The molecule has 10 nitrogen and oxygen atoms in total. The van der Waals surface area contributed by atoms with Crippen molar-refractivity contribution in [2.45, 2.75) is 58.1 Å². The molecule has 4 rings (SSSR count). The van der Waals surface area contributed by atoms with Crippen LogP contribution < -0.4 is 16.0 Å². The van der Waals surface area contributed by atoms with Crippen LogP contribution >= 0.6 is 35.3 Å². The minimum atomic E-state index is -0.622. The van der Waals surface area contributed by atoms with E-state index in [1.165, 1.54) is 30.0 Å². The summed E-state index contributed by atoms with van der Waals surface area (Å²) in [6.45, 7) is 9.56. The van der Waals surface area contributed by atoms with Gasteiger partial charge in [0.05, 0.1) is 24.5 Å². The van der Waals surface area contributed by atoms with Gasteiger partial charge in [0.25, 0.3) is 0 Å². The number of hydrogen-bond acceptors (Lipinski definition) is 9. The van der Waals surface area contributed by atoms with E-state index in [0.717, 1.165) is 26.7 Å². The fraction of sp³-hybridized carbons (Fsp3) is 0.344. The molecule has 0 saturated carbocycles. The van der Waals surface area contributed by atoms with E-state index in [4.69, 9.17) is 21.7 Å². The Morgan fingerprint density at radius 1 is 1.02 bits per heavy atom. The van der Waals surface area contributed by atoms with Crippen molar-refractivity contribution in [3.05, 3.63) is 70.1 Å². The van der Waals surface area contributed by atoms with Gasteiger partial charge < -0.3 is 30.3 Å². The number of thiophene rings is 1. The first kappa shape index (κ1) is 33.9. The monoisotopic (exact) mass is 668 g/mol. The summed E-state index contributed by atoms with van der Waals surface area (Å²) in [5.41, 5.74) is 2.62. The number of thioether (sulfide) groups is 1. The highest BCUT2D eigenvalue weighted by molar-refractivity contribution is 8.00.